The first-order valence-electron chi connectivity index (χ1n) is 5.89. The zero-order chi connectivity index (χ0) is 13.7. The van der Waals surface area contributed by atoms with Crippen LogP contribution < -0.4 is 10.6 Å². The lowest BCUT2D eigenvalue weighted by atomic mass is 10.2. The minimum absolute atomic E-state index is 0.142. The highest BCUT2D eigenvalue weighted by molar-refractivity contribution is 9.10. The van der Waals surface area contributed by atoms with Gasteiger partial charge in [0.1, 0.15) is 0 Å². The number of anilines is 1. The number of hydrogen-bond acceptors (Lipinski definition) is 2. The SMILES string of the molecule is CC(NC(=O)Nc1ccc(Br)cc1)c1ccccn1. The summed E-state index contributed by atoms with van der Waals surface area (Å²) in [5.74, 6) is 0. The van der Waals surface area contributed by atoms with Crippen LogP contribution in [0.25, 0.3) is 0 Å². The molecule has 0 fully saturated rings. The van der Waals surface area contributed by atoms with Gasteiger partial charge in [-0.25, -0.2) is 4.79 Å². The quantitative estimate of drug-likeness (QED) is 0.905. The first-order valence-corrected chi connectivity index (χ1v) is 6.68. The van der Waals surface area contributed by atoms with Gasteiger partial charge in [-0.05, 0) is 43.3 Å². The topological polar surface area (TPSA) is 54.0 Å². The van der Waals surface area contributed by atoms with Gasteiger partial charge >= 0.3 is 6.03 Å². The van der Waals surface area contributed by atoms with Gasteiger partial charge < -0.3 is 10.6 Å². The molecule has 19 heavy (non-hydrogen) atoms. The fraction of sp³-hybridized carbons (Fsp3) is 0.143. The lowest BCUT2D eigenvalue weighted by Gasteiger charge is -2.14. The number of halogens is 1. The molecule has 0 spiro atoms. The maximum Gasteiger partial charge on any atom is 0.319 e. The number of carbonyl (C=O) groups excluding carboxylic acids is 1. The number of amides is 2. The smallest absolute Gasteiger partial charge is 0.319 e. The van der Waals surface area contributed by atoms with Gasteiger partial charge in [0.05, 0.1) is 11.7 Å². The molecule has 2 N–H and O–H groups in total. The van der Waals surface area contributed by atoms with E-state index in [2.05, 4.69) is 31.5 Å². The summed E-state index contributed by atoms with van der Waals surface area (Å²) in [5.41, 5.74) is 1.57. The molecule has 2 aromatic rings. The van der Waals surface area contributed by atoms with Crippen LogP contribution in [0.5, 0.6) is 0 Å². The molecule has 1 heterocycles. The second-order valence-electron chi connectivity index (χ2n) is 4.08. The molecule has 0 aliphatic carbocycles. The summed E-state index contributed by atoms with van der Waals surface area (Å²) in [6.45, 7) is 1.89. The van der Waals surface area contributed by atoms with Gasteiger partial charge in [0.25, 0.3) is 0 Å². The molecule has 1 aromatic heterocycles. The normalized spacial score (nSPS) is 11.7. The molecule has 0 aliphatic rings. The average Bonchev–Trinajstić information content (AvgIpc) is 2.42. The maximum atomic E-state index is 11.8. The molecule has 98 valence electrons. The number of pyridine rings is 1. The van der Waals surface area contributed by atoms with E-state index in [-0.39, 0.29) is 12.1 Å². The Morgan fingerprint density at radius 2 is 1.95 bits per heavy atom. The summed E-state index contributed by atoms with van der Waals surface area (Å²) < 4.78 is 0.973. The van der Waals surface area contributed by atoms with Gasteiger partial charge in [0, 0.05) is 16.4 Å². The Morgan fingerprint density at radius 1 is 1.21 bits per heavy atom. The van der Waals surface area contributed by atoms with Crippen LogP contribution in [-0.2, 0) is 0 Å². The van der Waals surface area contributed by atoms with Crippen LogP contribution >= 0.6 is 15.9 Å². The number of rotatable bonds is 3. The van der Waals surface area contributed by atoms with Crippen molar-refractivity contribution < 1.29 is 4.79 Å². The van der Waals surface area contributed by atoms with Crippen molar-refractivity contribution in [1.29, 1.82) is 0 Å². The minimum atomic E-state index is -0.250. The van der Waals surface area contributed by atoms with E-state index in [4.69, 9.17) is 0 Å². The second-order valence-corrected chi connectivity index (χ2v) is 5.00. The van der Waals surface area contributed by atoms with Crippen LogP contribution in [0.15, 0.2) is 53.1 Å². The first kappa shape index (κ1) is 13.5. The van der Waals surface area contributed by atoms with Crippen molar-refractivity contribution in [3.8, 4) is 0 Å². The lowest BCUT2D eigenvalue weighted by molar-refractivity contribution is 0.249. The third kappa shape index (κ3) is 4.06. The molecule has 0 saturated heterocycles. The monoisotopic (exact) mass is 319 g/mol. The molecular formula is C14H14BrN3O. The average molecular weight is 320 g/mol. The van der Waals surface area contributed by atoms with Gasteiger partial charge in [-0.15, -0.1) is 0 Å². The number of nitrogens with one attached hydrogen (secondary N) is 2. The molecule has 5 heteroatoms. The van der Waals surface area contributed by atoms with Crippen LogP contribution in [0.3, 0.4) is 0 Å². The van der Waals surface area contributed by atoms with Crippen LogP contribution in [0.4, 0.5) is 10.5 Å². The fourth-order valence-electron chi connectivity index (χ4n) is 1.60. The number of carbonyl (C=O) groups is 1. The fourth-order valence-corrected chi connectivity index (χ4v) is 1.87. The number of aromatic nitrogens is 1. The first-order chi connectivity index (χ1) is 9.15. The number of hydrogen-bond donors (Lipinski definition) is 2. The van der Waals surface area contributed by atoms with E-state index < -0.39 is 0 Å². The Hall–Kier alpha value is -1.88. The highest BCUT2D eigenvalue weighted by atomic mass is 79.9. The second kappa shape index (κ2) is 6.33. The van der Waals surface area contributed by atoms with Crippen LogP contribution in [0.2, 0.25) is 0 Å². The zero-order valence-electron chi connectivity index (χ0n) is 10.4. The Bertz CT molecular complexity index is 542. The highest BCUT2D eigenvalue weighted by Crippen LogP contribution is 2.14. The van der Waals surface area contributed by atoms with E-state index in [0.717, 1.165) is 15.9 Å². The van der Waals surface area contributed by atoms with Crippen molar-refractivity contribution in [2.75, 3.05) is 5.32 Å². The molecule has 0 aliphatic heterocycles. The molecule has 0 bridgehead atoms. The Balaban J connectivity index is 1.93. The van der Waals surface area contributed by atoms with E-state index in [0.29, 0.717) is 0 Å². The van der Waals surface area contributed by atoms with Gasteiger partial charge in [0.15, 0.2) is 0 Å². The minimum Gasteiger partial charge on any atom is -0.330 e. The standard InChI is InChI=1S/C14H14BrN3O/c1-10(13-4-2-3-9-16-13)17-14(19)18-12-7-5-11(15)6-8-12/h2-10H,1H3,(H2,17,18,19). The Labute approximate surface area is 120 Å². The van der Waals surface area contributed by atoms with Gasteiger partial charge in [-0.2, -0.15) is 0 Å². The number of urea groups is 1. The Kier molecular flexibility index (Phi) is 4.52. The van der Waals surface area contributed by atoms with Crippen LogP contribution in [0.1, 0.15) is 18.7 Å². The molecule has 1 unspecified atom stereocenters. The van der Waals surface area contributed by atoms with Crippen molar-refractivity contribution in [2.24, 2.45) is 0 Å². The molecule has 0 radical (unpaired) electrons. The highest BCUT2D eigenvalue weighted by Gasteiger charge is 2.09. The molecule has 1 atom stereocenters. The lowest BCUT2D eigenvalue weighted by Crippen LogP contribution is -2.31. The summed E-state index contributed by atoms with van der Waals surface area (Å²) in [7, 11) is 0. The van der Waals surface area contributed by atoms with E-state index >= 15 is 0 Å². The van der Waals surface area contributed by atoms with Crippen molar-refractivity contribution in [3.63, 3.8) is 0 Å². The summed E-state index contributed by atoms with van der Waals surface area (Å²) >= 11 is 3.35. The van der Waals surface area contributed by atoms with Gasteiger partial charge in [-0.1, -0.05) is 22.0 Å². The van der Waals surface area contributed by atoms with Crippen molar-refractivity contribution in [2.45, 2.75) is 13.0 Å². The summed E-state index contributed by atoms with van der Waals surface area (Å²) in [5, 5.41) is 5.61. The third-order valence-electron chi connectivity index (χ3n) is 2.58. The molecule has 2 amide bonds. The largest absolute Gasteiger partial charge is 0.330 e. The molecule has 1 aromatic carbocycles. The third-order valence-corrected chi connectivity index (χ3v) is 3.11. The summed E-state index contributed by atoms with van der Waals surface area (Å²) in [4.78, 5) is 16.0. The van der Waals surface area contributed by atoms with Gasteiger partial charge in [-0.3, -0.25) is 4.98 Å². The molecule has 2 rings (SSSR count). The molecular weight excluding hydrogens is 306 g/mol. The summed E-state index contributed by atoms with van der Waals surface area (Å²) in [6.07, 6.45) is 1.71. The van der Waals surface area contributed by atoms with Crippen LogP contribution in [-0.4, -0.2) is 11.0 Å². The predicted molar refractivity (Wildman–Crippen MR) is 78.9 cm³/mol. The van der Waals surface area contributed by atoms with Crippen molar-refractivity contribution in [1.82, 2.24) is 10.3 Å². The van der Waals surface area contributed by atoms with Crippen molar-refractivity contribution in [3.05, 3.63) is 58.8 Å². The molecule has 4 nitrogen and oxygen atoms in total. The predicted octanol–water partition coefficient (Wildman–Crippen LogP) is 3.73. The van der Waals surface area contributed by atoms with E-state index in [9.17, 15) is 4.79 Å². The maximum absolute atomic E-state index is 11.8. The number of benzene rings is 1. The zero-order valence-corrected chi connectivity index (χ0v) is 12.0. The molecule has 0 saturated carbocycles. The number of nitrogens with zero attached hydrogens (tertiary/aromatic N) is 1. The summed E-state index contributed by atoms with van der Waals surface area (Å²) in [6, 6.07) is 12.6. The van der Waals surface area contributed by atoms with E-state index in [1.807, 2.05) is 49.4 Å². The van der Waals surface area contributed by atoms with Gasteiger partial charge in [0.2, 0.25) is 0 Å². The Morgan fingerprint density at radius 3 is 2.58 bits per heavy atom. The van der Waals surface area contributed by atoms with Crippen LogP contribution in [0, 0.1) is 0 Å². The van der Waals surface area contributed by atoms with Crippen molar-refractivity contribution >= 4 is 27.6 Å². The van der Waals surface area contributed by atoms with E-state index in [1.165, 1.54) is 0 Å². The van der Waals surface area contributed by atoms with E-state index in [1.54, 1.807) is 6.20 Å².